The van der Waals surface area contributed by atoms with Crippen LogP contribution in [0.3, 0.4) is 0 Å². The molecule has 0 unspecified atom stereocenters. The first kappa shape index (κ1) is 30.4. The van der Waals surface area contributed by atoms with E-state index in [0.717, 1.165) is 19.3 Å². The molecule has 0 N–H and O–H groups in total. The van der Waals surface area contributed by atoms with Crippen molar-refractivity contribution < 1.29 is 4.79 Å². The first-order valence-corrected chi connectivity index (χ1v) is 15.3. The van der Waals surface area contributed by atoms with Crippen molar-refractivity contribution in [1.29, 1.82) is 0 Å². The number of allylic oxidation sites excluding steroid dienone is 5. The molecule has 0 aliphatic heterocycles. The minimum atomic E-state index is 0.161. The molecule has 1 aromatic carbocycles. The Labute approximate surface area is 227 Å². The van der Waals surface area contributed by atoms with Gasteiger partial charge in [0.2, 0.25) is 0 Å². The number of rotatable bonds is 19. The number of Topliss-reactive ketones (excluding diaryl/α,β-unsaturated/α-hetero) is 1. The summed E-state index contributed by atoms with van der Waals surface area (Å²) in [5.41, 5.74) is 6.13. The molecule has 0 radical (unpaired) electrons. The lowest BCUT2D eigenvalue weighted by Crippen LogP contribution is -2.13. The summed E-state index contributed by atoms with van der Waals surface area (Å²) >= 11 is 5.63. The van der Waals surface area contributed by atoms with Crippen LogP contribution in [0.5, 0.6) is 0 Å². The zero-order valence-corrected chi connectivity index (χ0v) is 24.2. The highest BCUT2D eigenvalue weighted by molar-refractivity contribution is 7.81. The summed E-state index contributed by atoms with van der Waals surface area (Å²) in [6.45, 7) is 6.71. The van der Waals surface area contributed by atoms with Crippen LogP contribution in [0.25, 0.3) is 6.08 Å². The highest BCUT2D eigenvalue weighted by Gasteiger charge is 2.17. The predicted molar refractivity (Wildman–Crippen MR) is 163 cm³/mol. The minimum Gasteiger partial charge on any atom is -0.294 e. The highest BCUT2D eigenvalue weighted by Crippen LogP contribution is 2.23. The average molecular weight is 507 g/mol. The largest absolute Gasteiger partial charge is 0.294 e. The van der Waals surface area contributed by atoms with Gasteiger partial charge in [-0.25, -0.2) is 0 Å². The van der Waals surface area contributed by atoms with Gasteiger partial charge in [0.15, 0.2) is 5.78 Å². The molecule has 1 nitrogen and oxygen atoms in total. The van der Waals surface area contributed by atoms with E-state index in [-0.39, 0.29) is 5.78 Å². The maximum absolute atomic E-state index is 12.6. The van der Waals surface area contributed by atoms with Crippen molar-refractivity contribution in [3.05, 3.63) is 64.3 Å². The number of aryl methyl sites for hydroxylation is 2. The monoisotopic (exact) mass is 506 g/mol. The summed E-state index contributed by atoms with van der Waals surface area (Å²) in [5.74, 6) is 0.161. The quantitative estimate of drug-likeness (QED) is 0.105. The van der Waals surface area contributed by atoms with Crippen LogP contribution in [0.4, 0.5) is 0 Å². The molecule has 36 heavy (non-hydrogen) atoms. The van der Waals surface area contributed by atoms with Crippen molar-refractivity contribution in [1.82, 2.24) is 0 Å². The third kappa shape index (κ3) is 11.5. The number of carbonyl (C=O) groups excluding carboxylic acids is 1. The first-order chi connectivity index (χ1) is 17.6. The van der Waals surface area contributed by atoms with Gasteiger partial charge >= 0.3 is 0 Å². The molecule has 1 aliphatic carbocycles. The Morgan fingerprint density at radius 1 is 0.750 bits per heavy atom. The molecule has 0 amide bonds. The zero-order valence-electron chi connectivity index (χ0n) is 23.4. The maximum atomic E-state index is 12.6. The van der Waals surface area contributed by atoms with Gasteiger partial charge in [0, 0.05) is 16.9 Å². The first-order valence-electron chi connectivity index (χ1n) is 14.9. The van der Waals surface area contributed by atoms with Crippen LogP contribution in [0.1, 0.15) is 134 Å². The molecule has 0 saturated heterocycles. The standard InChI is InChI=1S/C34H50OS/c1-4-7-9-11-13-15-18-30-23-20-29(26-31(30)19-16-14-12-10-8-5-2)22-25-34(36)32-24-21-28(17-6-3)27-33(32)35/h20-26H,4-19,27H2,1-3H3. The Balaban J connectivity index is 2.03. The molecular formula is C34H50OS. The lowest BCUT2D eigenvalue weighted by atomic mass is 9.92. The molecule has 0 aromatic heterocycles. The van der Waals surface area contributed by atoms with Crippen LogP contribution in [-0.2, 0) is 17.6 Å². The molecule has 2 rings (SSSR count). The molecule has 1 aromatic rings. The molecule has 0 fully saturated rings. The van der Waals surface area contributed by atoms with Crippen molar-refractivity contribution in [2.75, 3.05) is 0 Å². The molecule has 2 heteroatoms. The second-order valence-corrected chi connectivity index (χ2v) is 11.0. The van der Waals surface area contributed by atoms with Crippen molar-refractivity contribution >= 4 is 28.9 Å². The van der Waals surface area contributed by atoms with Crippen LogP contribution in [0.2, 0.25) is 0 Å². The van der Waals surface area contributed by atoms with Gasteiger partial charge < -0.3 is 0 Å². The van der Waals surface area contributed by atoms with E-state index in [2.05, 4.69) is 51.1 Å². The Morgan fingerprint density at radius 3 is 1.97 bits per heavy atom. The molecule has 0 spiro atoms. The zero-order chi connectivity index (χ0) is 26.0. The number of thiocarbonyl (C=S) groups is 1. The van der Waals surface area contributed by atoms with Gasteiger partial charge in [-0.2, -0.15) is 0 Å². The van der Waals surface area contributed by atoms with Gasteiger partial charge in [-0.05, 0) is 60.9 Å². The van der Waals surface area contributed by atoms with Crippen LogP contribution in [0.15, 0.2) is 47.6 Å². The van der Waals surface area contributed by atoms with E-state index in [0.29, 0.717) is 16.9 Å². The van der Waals surface area contributed by atoms with Gasteiger partial charge in [-0.15, -0.1) is 0 Å². The number of unbranched alkanes of at least 4 members (excludes halogenated alkanes) is 10. The predicted octanol–water partition coefficient (Wildman–Crippen LogP) is 10.5. The Hall–Kier alpha value is -1.80. The maximum Gasteiger partial charge on any atom is 0.168 e. The van der Waals surface area contributed by atoms with Gasteiger partial charge in [0.25, 0.3) is 0 Å². The molecule has 0 heterocycles. The van der Waals surface area contributed by atoms with Gasteiger partial charge in [0.05, 0.1) is 0 Å². The van der Waals surface area contributed by atoms with Crippen molar-refractivity contribution in [3.63, 3.8) is 0 Å². The third-order valence-electron chi connectivity index (χ3n) is 7.27. The summed E-state index contributed by atoms with van der Waals surface area (Å²) in [4.78, 5) is 13.2. The summed E-state index contributed by atoms with van der Waals surface area (Å²) in [6, 6.07) is 6.94. The van der Waals surface area contributed by atoms with Gasteiger partial charge in [-0.3, -0.25) is 4.79 Å². The second kappa shape index (κ2) is 18.4. The Kier molecular flexibility index (Phi) is 15.6. The Bertz CT molecular complexity index is 902. The fourth-order valence-corrected chi connectivity index (χ4v) is 5.30. The van der Waals surface area contributed by atoms with Crippen LogP contribution < -0.4 is 0 Å². The summed E-state index contributed by atoms with van der Waals surface area (Å²) in [6.07, 6.45) is 29.0. The summed E-state index contributed by atoms with van der Waals surface area (Å²) in [5, 5.41) is 0. The molecule has 0 saturated carbocycles. The van der Waals surface area contributed by atoms with E-state index in [4.69, 9.17) is 12.2 Å². The molecule has 198 valence electrons. The SMILES string of the molecule is CCCCCCCCc1ccc(C=CC(=S)C2=CC=C(CCC)CC2=O)cc1CCCCCCCC. The summed E-state index contributed by atoms with van der Waals surface area (Å²) in [7, 11) is 0. The molecule has 0 bridgehead atoms. The van der Waals surface area contributed by atoms with Crippen LogP contribution in [0, 0.1) is 0 Å². The topological polar surface area (TPSA) is 17.1 Å². The molecule has 1 aliphatic rings. The van der Waals surface area contributed by atoms with Crippen LogP contribution in [-0.4, -0.2) is 10.6 Å². The van der Waals surface area contributed by atoms with Gasteiger partial charge in [-0.1, -0.05) is 140 Å². The number of ketones is 1. The smallest absolute Gasteiger partial charge is 0.168 e. The van der Waals surface area contributed by atoms with Gasteiger partial charge in [0.1, 0.15) is 0 Å². The lowest BCUT2D eigenvalue weighted by Gasteiger charge is -2.13. The second-order valence-electron chi connectivity index (χ2n) is 10.5. The van der Waals surface area contributed by atoms with E-state index in [1.807, 2.05) is 12.2 Å². The number of benzene rings is 1. The van der Waals surface area contributed by atoms with Crippen molar-refractivity contribution in [2.24, 2.45) is 0 Å². The normalized spacial score (nSPS) is 13.8. The minimum absolute atomic E-state index is 0.161. The molecule has 0 atom stereocenters. The van der Waals surface area contributed by atoms with Crippen molar-refractivity contribution in [3.8, 4) is 0 Å². The highest BCUT2D eigenvalue weighted by atomic mass is 32.1. The fourth-order valence-electron chi connectivity index (χ4n) is 5.05. The number of carbonyl (C=O) groups is 1. The number of hydrogen-bond donors (Lipinski definition) is 0. The number of hydrogen-bond acceptors (Lipinski definition) is 2. The fraction of sp³-hybridized carbons (Fsp3) is 0.588. The summed E-state index contributed by atoms with van der Waals surface area (Å²) < 4.78 is 0. The third-order valence-corrected chi connectivity index (χ3v) is 7.62. The van der Waals surface area contributed by atoms with Crippen molar-refractivity contribution in [2.45, 2.75) is 130 Å². The van der Waals surface area contributed by atoms with E-state index in [1.165, 1.54) is 106 Å². The van der Waals surface area contributed by atoms with E-state index in [9.17, 15) is 4.79 Å². The molecular weight excluding hydrogens is 456 g/mol. The Morgan fingerprint density at radius 2 is 1.36 bits per heavy atom. The van der Waals surface area contributed by atoms with E-state index in [1.54, 1.807) is 0 Å². The average Bonchev–Trinajstić information content (AvgIpc) is 2.88. The van der Waals surface area contributed by atoms with E-state index >= 15 is 0 Å². The van der Waals surface area contributed by atoms with Crippen LogP contribution >= 0.6 is 12.2 Å². The van der Waals surface area contributed by atoms with E-state index < -0.39 is 0 Å². The lowest BCUT2D eigenvalue weighted by molar-refractivity contribution is -0.114.